The predicted molar refractivity (Wildman–Crippen MR) is 90.7 cm³/mol. The number of ether oxygens (including phenoxy) is 3. The van der Waals surface area contributed by atoms with Crippen LogP contribution in [0.1, 0.15) is 55.9 Å². The van der Waals surface area contributed by atoms with Crippen LogP contribution in [0.5, 0.6) is 0 Å². The van der Waals surface area contributed by atoms with Gasteiger partial charge in [0.15, 0.2) is 0 Å². The van der Waals surface area contributed by atoms with Gasteiger partial charge in [-0.1, -0.05) is 0 Å². The Labute approximate surface area is 178 Å². The molecule has 1 aromatic heterocycles. The molecule has 0 unspecified atom stereocenters. The smallest absolute Gasteiger partial charge is 0.422 e. The minimum atomic E-state index is -4.71. The quantitative estimate of drug-likeness (QED) is 0.607. The summed E-state index contributed by atoms with van der Waals surface area (Å²) in [6.07, 6.45) is -9.18. The van der Waals surface area contributed by atoms with Crippen LogP contribution in [0.4, 0.5) is 26.3 Å². The maximum Gasteiger partial charge on any atom is 0.522 e. The van der Waals surface area contributed by atoms with E-state index in [4.69, 9.17) is 9.15 Å². The number of nitrogens with one attached hydrogen (secondary N) is 1. The van der Waals surface area contributed by atoms with E-state index >= 15 is 0 Å². The van der Waals surface area contributed by atoms with Crippen molar-refractivity contribution in [2.75, 3.05) is 13.2 Å². The summed E-state index contributed by atoms with van der Waals surface area (Å²) in [5.74, 6) is -1.11. The molecule has 4 rings (SSSR count). The van der Waals surface area contributed by atoms with Crippen LogP contribution < -0.4 is 5.32 Å². The zero-order chi connectivity index (χ0) is 23.1. The molecule has 0 bridgehead atoms. The molecule has 1 amide bonds. The van der Waals surface area contributed by atoms with Crippen LogP contribution in [0, 0.1) is 11.8 Å². The molecule has 8 nitrogen and oxygen atoms in total. The van der Waals surface area contributed by atoms with Gasteiger partial charge in [-0.2, -0.15) is 0 Å². The average Bonchev–Trinajstić information content (AvgIpc) is 3.29. The van der Waals surface area contributed by atoms with Crippen LogP contribution in [-0.4, -0.2) is 54.2 Å². The van der Waals surface area contributed by atoms with Gasteiger partial charge in [0.05, 0.1) is 25.4 Å². The summed E-state index contributed by atoms with van der Waals surface area (Å²) in [5, 5.41) is 10.6. The first kappa shape index (κ1) is 23.2. The Morgan fingerprint density at radius 2 is 1.75 bits per heavy atom. The molecule has 1 aliphatic heterocycles. The standard InChI is InChI=1S/C18H21F6N3O5/c19-17(20,21)30-6-9-5-12(9)14(28)25-10-1-2-13(29-7-10)16-27-26-15(31-16)8-3-11(4-8)32-18(22,23)24/h8-13H,1-7H2,(H,25,28)/t8-,9-,10-,11+,12+,13+/m1/s1. The Hall–Kier alpha value is -1.93. The second-order valence-electron chi connectivity index (χ2n) is 8.30. The van der Waals surface area contributed by atoms with Crippen molar-refractivity contribution in [3.05, 3.63) is 11.8 Å². The summed E-state index contributed by atoms with van der Waals surface area (Å²) >= 11 is 0. The van der Waals surface area contributed by atoms with E-state index in [-0.39, 0.29) is 49.1 Å². The van der Waals surface area contributed by atoms with E-state index in [0.717, 1.165) is 0 Å². The third kappa shape index (κ3) is 6.10. The van der Waals surface area contributed by atoms with Gasteiger partial charge in [0.1, 0.15) is 6.10 Å². The van der Waals surface area contributed by atoms with E-state index in [1.54, 1.807) is 0 Å². The predicted octanol–water partition coefficient (Wildman–Crippen LogP) is 3.36. The number of halogens is 6. The summed E-state index contributed by atoms with van der Waals surface area (Å²) in [6.45, 7) is -0.371. The highest BCUT2D eigenvalue weighted by molar-refractivity contribution is 5.81. The topological polar surface area (TPSA) is 95.7 Å². The molecule has 14 heteroatoms. The molecular formula is C18H21F6N3O5. The molecule has 1 N–H and O–H groups in total. The molecule has 1 saturated heterocycles. The van der Waals surface area contributed by atoms with Gasteiger partial charge in [-0.05, 0) is 38.0 Å². The van der Waals surface area contributed by atoms with Gasteiger partial charge in [-0.15, -0.1) is 36.5 Å². The van der Waals surface area contributed by atoms with Gasteiger partial charge < -0.3 is 14.5 Å². The van der Waals surface area contributed by atoms with Crippen molar-refractivity contribution >= 4 is 5.91 Å². The van der Waals surface area contributed by atoms with Crippen molar-refractivity contribution in [1.29, 1.82) is 0 Å². The Morgan fingerprint density at radius 1 is 1.03 bits per heavy atom. The summed E-state index contributed by atoms with van der Waals surface area (Å²) in [5.41, 5.74) is 0. The fourth-order valence-electron chi connectivity index (χ4n) is 3.92. The second kappa shape index (κ2) is 8.78. The van der Waals surface area contributed by atoms with Gasteiger partial charge in [0, 0.05) is 11.8 Å². The van der Waals surface area contributed by atoms with Crippen molar-refractivity contribution in [2.24, 2.45) is 11.8 Å². The lowest BCUT2D eigenvalue weighted by atomic mass is 9.82. The Kier molecular flexibility index (Phi) is 6.38. The van der Waals surface area contributed by atoms with Crippen LogP contribution in [0.3, 0.4) is 0 Å². The Balaban J connectivity index is 1.16. The first-order valence-corrected chi connectivity index (χ1v) is 10.2. The van der Waals surface area contributed by atoms with E-state index in [2.05, 4.69) is 25.0 Å². The third-order valence-corrected chi connectivity index (χ3v) is 5.82. The lowest BCUT2D eigenvalue weighted by Crippen LogP contribution is -2.42. The summed E-state index contributed by atoms with van der Waals surface area (Å²) in [4.78, 5) is 12.2. The molecule has 0 radical (unpaired) electrons. The third-order valence-electron chi connectivity index (χ3n) is 5.82. The van der Waals surface area contributed by atoms with Crippen LogP contribution in [0.2, 0.25) is 0 Å². The number of aromatic nitrogens is 2. The zero-order valence-electron chi connectivity index (χ0n) is 16.6. The van der Waals surface area contributed by atoms with Crippen molar-refractivity contribution in [1.82, 2.24) is 15.5 Å². The zero-order valence-corrected chi connectivity index (χ0v) is 16.6. The van der Waals surface area contributed by atoms with E-state index in [1.807, 2.05) is 0 Å². The molecule has 1 aromatic rings. The van der Waals surface area contributed by atoms with Crippen molar-refractivity contribution in [3.8, 4) is 0 Å². The highest BCUT2D eigenvalue weighted by atomic mass is 19.4. The minimum Gasteiger partial charge on any atom is -0.422 e. The van der Waals surface area contributed by atoms with E-state index in [0.29, 0.717) is 19.3 Å². The van der Waals surface area contributed by atoms with Gasteiger partial charge in [0.25, 0.3) is 0 Å². The molecule has 180 valence electrons. The average molecular weight is 473 g/mol. The molecule has 0 aromatic carbocycles. The monoisotopic (exact) mass is 473 g/mol. The highest BCUT2D eigenvalue weighted by Gasteiger charge is 2.46. The van der Waals surface area contributed by atoms with E-state index in [9.17, 15) is 31.1 Å². The Morgan fingerprint density at radius 3 is 2.38 bits per heavy atom. The van der Waals surface area contributed by atoms with E-state index in [1.165, 1.54) is 0 Å². The fourth-order valence-corrected chi connectivity index (χ4v) is 3.92. The van der Waals surface area contributed by atoms with Gasteiger partial charge in [-0.3, -0.25) is 14.3 Å². The lowest BCUT2D eigenvalue weighted by Gasteiger charge is -2.33. The van der Waals surface area contributed by atoms with Gasteiger partial charge >= 0.3 is 12.7 Å². The molecule has 2 heterocycles. The number of amides is 1. The molecule has 4 atom stereocenters. The summed E-state index contributed by atoms with van der Waals surface area (Å²) in [6, 6.07) is -0.294. The minimum absolute atomic E-state index is 0.136. The maximum atomic E-state index is 12.2. The number of carbonyl (C=O) groups is 1. The molecule has 32 heavy (non-hydrogen) atoms. The number of hydrogen-bond acceptors (Lipinski definition) is 7. The molecule has 3 aliphatic rings. The van der Waals surface area contributed by atoms with Crippen LogP contribution >= 0.6 is 0 Å². The van der Waals surface area contributed by atoms with Crippen molar-refractivity contribution in [3.63, 3.8) is 0 Å². The second-order valence-corrected chi connectivity index (χ2v) is 8.30. The molecule has 3 fully saturated rings. The van der Waals surface area contributed by atoms with E-state index < -0.39 is 43.4 Å². The molecular weight excluding hydrogens is 452 g/mol. The largest absolute Gasteiger partial charge is 0.522 e. The van der Waals surface area contributed by atoms with Crippen LogP contribution in [0.15, 0.2) is 4.42 Å². The van der Waals surface area contributed by atoms with Gasteiger partial charge in [0.2, 0.25) is 17.7 Å². The van der Waals surface area contributed by atoms with Crippen LogP contribution in [0.25, 0.3) is 0 Å². The van der Waals surface area contributed by atoms with Gasteiger partial charge in [-0.25, -0.2) is 0 Å². The van der Waals surface area contributed by atoms with Crippen molar-refractivity contribution < 1.29 is 49.8 Å². The first-order chi connectivity index (χ1) is 15.0. The summed E-state index contributed by atoms with van der Waals surface area (Å²) < 4.78 is 91.7. The SMILES string of the molecule is O=C(N[C@@H]1CC[C@@H](c2nnc([C@H]3C[C@@H](OC(F)(F)F)C3)o2)OC1)[C@H]1C[C@@H]1COC(F)(F)F. The lowest BCUT2D eigenvalue weighted by molar-refractivity contribution is -0.352. The normalized spacial score (nSPS) is 32.9. The number of hydrogen-bond donors (Lipinski definition) is 1. The molecule has 2 saturated carbocycles. The highest BCUT2D eigenvalue weighted by Crippen LogP contribution is 2.42. The van der Waals surface area contributed by atoms with Crippen molar-refractivity contribution in [2.45, 2.75) is 69.0 Å². The first-order valence-electron chi connectivity index (χ1n) is 10.2. The Bertz CT molecular complexity index is 802. The maximum absolute atomic E-state index is 12.2. The number of nitrogens with zero attached hydrogens (tertiary/aromatic N) is 2. The van der Waals surface area contributed by atoms with Crippen LogP contribution in [-0.2, 0) is 19.0 Å². The number of alkyl halides is 6. The number of rotatable bonds is 7. The molecule has 2 aliphatic carbocycles. The summed E-state index contributed by atoms with van der Waals surface area (Å²) in [7, 11) is 0. The number of carbonyl (C=O) groups excluding carboxylic acids is 1. The molecule has 0 spiro atoms. The fraction of sp³-hybridized carbons (Fsp3) is 0.833.